The van der Waals surface area contributed by atoms with E-state index in [0.29, 0.717) is 51.7 Å². The molecule has 8 rings (SSSR count). The molecule has 25 nitrogen and oxygen atoms in total. The summed E-state index contributed by atoms with van der Waals surface area (Å²) in [7, 11) is -7.20. The number of carbonyl (C=O) groups is 8. The van der Waals surface area contributed by atoms with Gasteiger partial charge in [0.2, 0.25) is 17.7 Å². The highest BCUT2D eigenvalue weighted by molar-refractivity contribution is 7.93. The number of aliphatic hydroxyl groups excluding tert-OH is 2. The third-order valence-electron chi connectivity index (χ3n) is 27.7. The molecule has 0 aromatic heterocycles. The van der Waals surface area contributed by atoms with E-state index in [2.05, 4.69) is 78.1 Å². The van der Waals surface area contributed by atoms with Crippen LogP contribution in [0.5, 0.6) is 0 Å². The van der Waals surface area contributed by atoms with Crippen LogP contribution in [-0.4, -0.2) is 196 Å². The number of unbranched alkanes of at least 4 members (excludes halogenated alkanes) is 2. The summed E-state index contributed by atoms with van der Waals surface area (Å²) in [6.45, 7) is 42.9. The molecular formula is C82H145ClN10O15S2. The number of urea groups is 2. The van der Waals surface area contributed by atoms with Gasteiger partial charge < -0.3 is 68.1 Å². The number of sulfone groups is 2. The van der Waals surface area contributed by atoms with Crippen molar-refractivity contribution in [1.29, 1.82) is 0 Å². The summed E-state index contributed by atoms with van der Waals surface area (Å²) < 4.78 is 52.5. The molecule has 2 heterocycles. The van der Waals surface area contributed by atoms with E-state index in [9.17, 15) is 65.7 Å². The number of hydrogen-bond acceptors (Lipinski definition) is 15. The Balaban J connectivity index is 0.000000340. The molecule has 12 N–H and O–H groups in total. The fraction of sp³-hybridized carbons (Fsp3) is 0.854. The number of carboxylic acids is 1. The second-order valence-corrected chi connectivity index (χ2v) is 43.4. The van der Waals surface area contributed by atoms with Gasteiger partial charge in [0.25, 0.3) is 11.8 Å². The van der Waals surface area contributed by atoms with Crippen LogP contribution in [-0.2, 0) is 48.4 Å². The summed E-state index contributed by atoms with van der Waals surface area (Å²) in [5, 5.41) is 51.2. The predicted molar refractivity (Wildman–Crippen MR) is 435 cm³/mol. The number of likely N-dealkylation sites (tertiary alicyclic amines) is 2. The maximum atomic E-state index is 15.0. The Morgan fingerprint density at radius 2 is 0.882 bits per heavy atom. The predicted octanol–water partition coefficient (Wildman–Crippen LogP) is 10.0. The molecule has 8 aliphatic rings. The zero-order chi connectivity index (χ0) is 82.2. The molecule has 6 aliphatic carbocycles. The molecule has 2 saturated heterocycles. The number of nitrogens with two attached hydrogens (primary N) is 1. The van der Waals surface area contributed by atoms with E-state index in [1.807, 2.05) is 55.4 Å². The van der Waals surface area contributed by atoms with Crippen LogP contribution in [0.1, 0.15) is 266 Å². The van der Waals surface area contributed by atoms with Gasteiger partial charge in [0, 0.05) is 38.1 Å². The van der Waals surface area contributed by atoms with Crippen LogP contribution in [0.4, 0.5) is 9.59 Å². The Labute approximate surface area is 666 Å². The quantitative estimate of drug-likeness (QED) is 0.0310. The lowest BCUT2D eigenvalue weighted by Crippen LogP contribution is -2.68. The van der Waals surface area contributed by atoms with E-state index in [1.54, 1.807) is 52.5 Å². The number of hydrogen-bond donors (Lipinski definition) is 11. The number of aliphatic hydroxyl groups is 2. The molecule has 0 spiro atoms. The lowest BCUT2D eigenvalue weighted by molar-refractivity contribution is -0.152. The molecule has 6 saturated carbocycles. The topological polar surface area (TPSA) is 382 Å². The number of amides is 9. The maximum absolute atomic E-state index is 15.0. The van der Waals surface area contributed by atoms with Crippen LogP contribution in [0.25, 0.3) is 0 Å². The van der Waals surface area contributed by atoms with Crippen molar-refractivity contribution < 1.29 is 70.5 Å². The van der Waals surface area contributed by atoms with Crippen molar-refractivity contribution in [3.05, 3.63) is 25.3 Å². The van der Waals surface area contributed by atoms with E-state index >= 15 is 4.79 Å². The van der Waals surface area contributed by atoms with Crippen molar-refractivity contribution in [2.24, 2.45) is 74.7 Å². The van der Waals surface area contributed by atoms with Crippen LogP contribution in [0.3, 0.4) is 0 Å². The molecule has 28 heteroatoms. The Hall–Kier alpha value is -5.09. The highest BCUT2D eigenvalue weighted by Gasteiger charge is 2.72. The standard InChI is InChI=1S/C41H71N5O7S.C31H53N3O6S.C10H20N2O2.ClH/c1-11-13-20-29(32(47)35(49)42-23-12-2)43-34(48)31-30-28(39(30,8)9)24-46(31)36(50)33(40(10)21-15-14-16-22-40)44-37(51)45-41(25-54(52,53)38(5,6)7)26(3)18-17-19-27(41)4;1-19-13-12-14-20(2)31(19,18-41(39,40)28(3,4)5)33-27(38)32-24(30(8)15-10-9-11-16-30)25(35)34-17-21-22(29(21,6)7)23(34)26(36)37;1-3-5-6-8(11)9(13)10(14)12-7-4-2;/h12,26-33,47H,2,11,13-25H2,1,3-10H3,(H,42,49)(H,43,48)(H2,44,45,51);19-24H,9-18H2,1-8H3,(H,36,37)(H2,32,33,38);4,8-9,13H,2-3,5-7,11H2,1H3,(H,12,14);1H/t26-,27+,28-,29?,30-,31-,32?,33+,41?;19-,20+,21-,22-,23-,24+,31?;;/m00../s1. The average molecular weight is 1610 g/mol. The summed E-state index contributed by atoms with van der Waals surface area (Å²) >= 11 is 0. The largest absolute Gasteiger partial charge is 0.480 e. The van der Waals surface area contributed by atoms with Gasteiger partial charge >= 0.3 is 18.0 Å². The third kappa shape index (κ3) is 21.5. The van der Waals surface area contributed by atoms with Gasteiger partial charge in [-0.25, -0.2) is 31.2 Å². The van der Waals surface area contributed by atoms with Gasteiger partial charge in [-0.15, -0.1) is 25.6 Å². The molecule has 632 valence electrons. The average Bonchev–Trinajstić information content (AvgIpc) is 1.53. The molecule has 8 fully saturated rings. The van der Waals surface area contributed by atoms with Crippen molar-refractivity contribution in [2.45, 2.75) is 335 Å². The van der Waals surface area contributed by atoms with Crippen LogP contribution < -0.4 is 43.0 Å². The minimum Gasteiger partial charge on any atom is -0.480 e. The van der Waals surface area contributed by atoms with E-state index in [1.165, 1.54) is 11.0 Å². The molecule has 0 aromatic carbocycles. The Kier molecular flexibility index (Phi) is 33.1. The van der Waals surface area contributed by atoms with Crippen LogP contribution in [0, 0.1) is 69.0 Å². The zero-order valence-corrected chi connectivity index (χ0v) is 72.5. The van der Waals surface area contributed by atoms with Gasteiger partial charge in [0.15, 0.2) is 25.8 Å². The monoisotopic (exact) mass is 1610 g/mol. The lowest BCUT2D eigenvalue weighted by Gasteiger charge is -2.49. The summed E-state index contributed by atoms with van der Waals surface area (Å²) in [5.74, 6) is -3.81. The minimum absolute atomic E-state index is 0. The number of piperidine rings is 2. The fourth-order valence-corrected chi connectivity index (χ4v) is 22.7. The van der Waals surface area contributed by atoms with Gasteiger partial charge in [-0.1, -0.05) is 172 Å². The first kappa shape index (κ1) is 95.5. The molecule has 0 radical (unpaired) electrons. The summed E-state index contributed by atoms with van der Waals surface area (Å²) in [4.78, 5) is 112. The van der Waals surface area contributed by atoms with Crippen LogP contribution >= 0.6 is 12.4 Å². The highest BCUT2D eigenvalue weighted by atomic mass is 35.5. The molecule has 0 bridgehead atoms. The van der Waals surface area contributed by atoms with Gasteiger partial charge in [-0.3, -0.25) is 24.0 Å². The molecule has 2 aliphatic heterocycles. The van der Waals surface area contributed by atoms with Gasteiger partial charge in [0.05, 0.1) is 38.1 Å². The number of nitrogens with zero attached hydrogens (tertiary/aromatic N) is 2. The van der Waals surface area contributed by atoms with E-state index in [4.69, 9.17) is 5.73 Å². The Morgan fingerprint density at radius 1 is 0.536 bits per heavy atom. The van der Waals surface area contributed by atoms with Crippen molar-refractivity contribution in [3.8, 4) is 0 Å². The van der Waals surface area contributed by atoms with Gasteiger partial charge in [-0.2, -0.15) is 0 Å². The summed E-state index contributed by atoms with van der Waals surface area (Å²) in [6.07, 6.45) is 18.7. The Bertz CT molecular complexity index is 3420. The first-order valence-corrected chi connectivity index (χ1v) is 44.4. The van der Waals surface area contributed by atoms with Crippen molar-refractivity contribution in [1.82, 2.24) is 47.0 Å². The second-order valence-electron chi connectivity index (χ2n) is 37.9. The van der Waals surface area contributed by atoms with E-state index in [-0.39, 0.29) is 100 Å². The van der Waals surface area contributed by atoms with E-state index in [0.717, 1.165) is 109 Å². The van der Waals surface area contributed by atoms with Gasteiger partial charge in [-0.05, 0) is 169 Å². The number of fused-ring (bicyclic) bond motifs is 2. The van der Waals surface area contributed by atoms with E-state index < -0.39 is 135 Å². The number of halogens is 1. The lowest BCUT2D eigenvalue weighted by atomic mass is 9.68. The second kappa shape index (κ2) is 38.1. The number of carboxylic acid groups (broad SMARTS) is 1. The normalized spacial score (nSPS) is 30.0. The van der Waals surface area contributed by atoms with Gasteiger partial charge in [0.1, 0.15) is 30.3 Å². The first-order valence-electron chi connectivity index (χ1n) is 41.1. The van der Waals surface area contributed by atoms with Crippen LogP contribution in [0.15, 0.2) is 25.3 Å². The molecular weight excluding hydrogens is 1460 g/mol. The Morgan fingerprint density at radius 3 is 1.23 bits per heavy atom. The minimum atomic E-state index is -3.63. The molecule has 0 aromatic rings. The molecule has 18 atom stereocenters. The highest BCUT2D eigenvalue weighted by Crippen LogP contribution is 2.66. The fourth-order valence-electron chi connectivity index (χ4n) is 19.3. The molecule has 110 heavy (non-hydrogen) atoms. The van der Waals surface area contributed by atoms with Crippen LogP contribution in [0.2, 0.25) is 0 Å². The first-order chi connectivity index (χ1) is 50.5. The smallest absolute Gasteiger partial charge is 0.326 e. The molecule has 6 unspecified atom stereocenters. The SMILES string of the molecule is C=CCNC(=O)C(O)C(CCCC)NC(=O)[C@@H]1[C@@H]2[C@H](CN1C(=O)[C@@H](NC(=O)NC1(CS(=O)(=O)C(C)(C)C)[C@H](C)CCC[C@@H]1C)C1(C)CCCCC1)C2(C)C.C=CCNC(=O)C(O)C(N)CCCC.C[C@@H]1CCC[C@H](C)C1(CS(=O)(=O)C(C)(C)C)NC(=O)N[C@H](C(=O)N1C[C@H]2[C@@H]([C@H]1C(=O)O)C2(C)C)C1(C)CCCCC1.Cl. The maximum Gasteiger partial charge on any atom is 0.326 e. The number of aliphatic carboxylic acids is 1. The third-order valence-corrected chi connectivity index (χ3v) is 33.1. The zero-order valence-electron chi connectivity index (χ0n) is 70.0. The summed E-state index contributed by atoms with van der Waals surface area (Å²) in [5.41, 5.74) is 2.22. The molecule has 9 amide bonds. The summed E-state index contributed by atoms with van der Waals surface area (Å²) in [6, 6.07) is -6.02. The number of nitrogens with one attached hydrogen (secondary N) is 7. The van der Waals surface area contributed by atoms with Crippen molar-refractivity contribution in [2.75, 3.05) is 37.7 Å². The van der Waals surface area contributed by atoms with Crippen molar-refractivity contribution >= 4 is 79.6 Å². The number of carbonyl (C=O) groups excluding carboxylic acids is 7. The number of rotatable bonds is 29. The van der Waals surface area contributed by atoms with Crippen molar-refractivity contribution in [3.63, 3.8) is 0 Å².